The van der Waals surface area contributed by atoms with Crippen LogP contribution in [0.1, 0.15) is 23.3 Å². The van der Waals surface area contributed by atoms with Gasteiger partial charge in [-0.1, -0.05) is 12.1 Å². The summed E-state index contributed by atoms with van der Waals surface area (Å²) in [7, 11) is 0. The molecule has 3 aliphatic heterocycles. The van der Waals surface area contributed by atoms with Gasteiger partial charge in [-0.05, 0) is 42.0 Å². The predicted molar refractivity (Wildman–Crippen MR) is 100 cm³/mol. The van der Waals surface area contributed by atoms with Gasteiger partial charge in [-0.25, -0.2) is 0 Å². The predicted octanol–water partition coefficient (Wildman–Crippen LogP) is 2.85. The van der Waals surface area contributed by atoms with Crippen molar-refractivity contribution in [1.82, 2.24) is 9.80 Å². The molecule has 2 amide bonds. The van der Waals surface area contributed by atoms with Crippen LogP contribution in [-0.2, 0) is 16.1 Å². The van der Waals surface area contributed by atoms with E-state index in [1.807, 2.05) is 35.7 Å². The number of benzene rings is 1. The molecule has 0 radical (unpaired) electrons. The Morgan fingerprint density at radius 3 is 2.59 bits per heavy atom. The number of hydrogen-bond acceptors (Lipinski definition) is 6. The van der Waals surface area contributed by atoms with Crippen molar-refractivity contribution in [3.63, 3.8) is 0 Å². The number of nitrogens with zero attached hydrogens (tertiary/aromatic N) is 2. The van der Waals surface area contributed by atoms with E-state index in [9.17, 15) is 9.59 Å². The number of rotatable bonds is 4. The van der Waals surface area contributed by atoms with E-state index in [4.69, 9.17) is 9.47 Å². The molecule has 0 atom stereocenters. The molecule has 5 rings (SSSR count). The summed E-state index contributed by atoms with van der Waals surface area (Å²) in [5, 5.41) is 1.93. The van der Waals surface area contributed by atoms with Crippen LogP contribution in [0.3, 0.4) is 0 Å². The minimum atomic E-state index is -0.220. The molecule has 0 spiro atoms. The van der Waals surface area contributed by atoms with E-state index in [2.05, 4.69) is 4.90 Å². The lowest BCUT2D eigenvalue weighted by molar-refractivity contribution is -0.138. The summed E-state index contributed by atoms with van der Waals surface area (Å²) in [6, 6.07) is 9.34. The molecule has 1 fully saturated rings. The van der Waals surface area contributed by atoms with Crippen molar-refractivity contribution < 1.29 is 19.1 Å². The molecule has 1 saturated heterocycles. The third-order valence-electron chi connectivity index (χ3n) is 5.11. The Labute approximate surface area is 160 Å². The van der Waals surface area contributed by atoms with E-state index in [0.717, 1.165) is 36.4 Å². The molecule has 3 aliphatic rings. The van der Waals surface area contributed by atoms with Gasteiger partial charge in [-0.3, -0.25) is 14.5 Å². The van der Waals surface area contributed by atoms with E-state index < -0.39 is 0 Å². The summed E-state index contributed by atoms with van der Waals surface area (Å²) in [6.07, 6.45) is 2.09. The zero-order valence-electron chi connectivity index (χ0n) is 14.6. The van der Waals surface area contributed by atoms with Crippen molar-refractivity contribution in [3.05, 3.63) is 51.8 Å². The number of fused-ring (bicyclic) bond motifs is 1. The fourth-order valence-corrected chi connectivity index (χ4v) is 4.57. The van der Waals surface area contributed by atoms with Gasteiger partial charge in [0.25, 0.3) is 11.8 Å². The summed E-state index contributed by atoms with van der Waals surface area (Å²) in [6.45, 7) is 2.06. The van der Waals surface area contributed by atoms with Crippen LogP contribution >= 0.6 is 11.3 Å². The summed E-state index contributed by atoms with van der Waals surface area (Å²) in [5.41, 5.74) is 1.94. The van der Waals surface area contributed by atoms with Crippen LogP contribution in [0.25, 0.3) is 5.57 Å². The second-order valence-corrected chi connectivity index (χ2v) is 7.73. The number of amides is 2. The van der Waals surface area contributed by atoms with Gasteiger partial charge in [-0.15, -0.1) is 11.3 Å². The van der Waals surface area contributed by atoms with Crippen molar-refractivity contribution >= 4 is 28.7 Å². The van der Waals surface area contributed by atoms with Crippen molar-refractivity contribution in [2.45, 2.75) is 19.4 Å². The van der Waals surface area contributed by atoms with Gasteiger partial charge in [0.05, 0.1) is 12.1 Å². The van der Waals surface area contributed by atoms with Crippen molar-refractivity contribution in [2.24, 2.45) is 0 Å². The van der Waals surface area contributed by atoms with Gasteiger partial charge < -0.3 is 14.4 Å². The first kappa shape index (κ1) is 16.4. The number of carbonyl (C=O) groups is 2. The smallest absolute Gasteiger partial charge is 0.278 e. The van der Waals surface area contributed by atoms with Crippen LogP contribution in [-0.4, -0.2) is 41.5 Å². The molecule has 0 saturated carbocycles. The van der Waals surface area contributed by atoms with Crippen molar-refractivity contribution in [1.29, 1.82) is 0 Å². The molecule has 27 heavy (non-hydrogen) atoms. The lowest BCUT2D eigenvalue weighted by Gasteiger charge is -2.20. The molecule has 0 bridgehead atoms. The lowest BCUT2D eigenvalue weighted by Crippen LogP contribution is -2.34. The highest BCUT2D eigenvalue weighted by atomic mass is 32.1. The molecule has 6 nitrogen and oxygen atoms in total. The summed E-state index contributed by atoms with van der Waals surface area (Å²) < 4.78 is 10.7. The van der Waals surface area contributed by atoms with E-state index in [0.29, 0.717) is 22.8 Å². The quantitative estimate of drug-likeness (QED) is 0.761. The summed E-state index contributed by atoms with van der Waals surface area (Å²) >= 11 is 1.49. The molecule has 7 heteroatoms. The number of ether oxygens (including phenoxy) is 2. The van der Waals surface area contributed by atoms with Gasteiger partial charge in [0, 0.05) is 18.0 Å². The zero-order chi connectivity index (χ0) is 18.4. The monoisotopic (exact) mass is 382 g/mol. The minimum Gasteiger partial charge on any atom is -0.454 e. The normalized spacial score (nSPS) is 19.0. The topological polar surface area (TPSA) is 59.1 Å². The Hall–Kier alpha value is -2.80. The van der Waals surface area contributed by atoms with Crippen LogP contribution in [0.15, 0.2) is 41.4 Å². The Kier molecular flexibility index (Phi) is 3.89. The minimum absolute atomic E-state index is 0.198. The first-order valence-corrected chi connectivity index (χ1v) is 9.88. The second kappa shape index (κ2) is 6.42. The van der Waals surface area contributed by atoms with Gasteiger partial charge in [-0.2, -0.15) is 0 Å². The molecule has 2 aromatic rings. The second-order valence-electron chi connectivity index (χ2n) is 6.78. The third-order valence-corrected chi connectivity index (χ3v) is 6.00. The highest BCUT2D eigenvalue weighted by Gasteiger charge is 2.42. The van der Waals surface area contributed by atoms with Crippen LogP contribution in [0, 0.1) is 0 Å². The van der Waals surface area contributed by atoms with E-state index in [1.165, 1.54) is 16.2 Å². The molecule has 1 aromatic heterocycles. The van der Waals surface area contributed by atoms with Gasteiger partial charge in [0.15, 0.2) is 11.5 Å². The standard InChI is InChI=1S/C20H18N2O4S/c23-19-17(16-4-3-9-27-16)18(21-7-1-2-8-21)20(24)22(19)11-13-5-6-14-15(10-13)26-12-25-14/h3-6,9-10H,1-2,7-8,11-12H2. The van der Waals surface area contributed by atoms with Crippen LogP contribution in [0.4, 0.5) is 0 Å². The highest BCUT2D eigenvalue weighted by molar-refractivity contribution is 7.11. The molecule has 0 aliphatic carbocycles. The van der Waals surface area contributed by atoms with Crippen LogP contribution in [0.2, 0.25) is 0 Å². The Morgan fingerprint density at radius 2 is 1.81 bits per heavy atom. The third kappa shape index (κ3) is 2.70. The van der Waals surface area contributed by atoms with Crippen LogP contribution < -0.4 is 9.47 Å². The van der Waals surface area contributed by atoms with Crippen molar-refractivity contribution in [2.75, 3.05) is 19.9 Å². The van der Waals surface area contributed by atoms with Gasteiger partial charge in [0.2, 0.25) is 6.79 Å². The van der Waals surface area contributed by atoms with Gasteiger partial charge >= 0.3 is 0 Å². The number of thiophene rings is 1. The fraction of sp³-hybridized carbons (Fsp3) is 0.300. The summed E-state index contributed by atoms with van der Waals surface area (Å²) in [5.74, 6) is 0.913. The largest absolute Gasteiger partial charge is 0.454 e. The maximum Gasteiger partial charge on any atom is 0.278 e. The molecule has 1 aromatic carbocycles. The SMILES string of the molecule is O=C1C(c2cccs2)=C(N2CCCC2)C(=O)N1Cc1ccc2c(c1)OCO2. The molecular weight excluding hydrogens is 364 g/mol. The van der Waals surface area contributed by atoms with Gasteiger partial charge in [0.1, 0.15) is 5.70 Å². The zero-order valence-corrected chi connectivity index (χ0v) is 15.5. The highest BCUT2D eigenvalue weighted by Crippen LogP contribution is 2.37. The molecule has 138 valence electrons. The molecule has 0 N–H and O–H groups in total. The molecule has 0 unspecified atom stereocenters. The van der Waals surface area contributed by atoms with E-state index in [-0.39, 0.29) is 25.2 Å². The maximum atomic E-state index is 13.2. The molecule has 4 heterocycles. The fourth-order valence-electron chi connectivity index (χ4n) is 3.81. The average Bonchev–Trinajstić information content (AvgIpc) is 3.45. The Balaban J connectivity index is 1.49. The Bertz CT molecular complexity index is 945. The van der Waals surface area contributed by atoms with E-state index in [1.54, 1.807) is 0 Å². The van der Waals surface area contributed by atoms with E-state index >= 15 is 0 Å². The number of likely N-dealkylation sites (tertiary alicyclic amines) is 1. The number of imide groups is 1. The van der Waals surface area contributed by atoms with Crippen LogP contribution in [0.5, 0.6) is 11.5 Å². The van der Waals surface area contributed by atoms with Crippen molar-refractivity contribution in [3.8, 4) is 11.5 Å². The first-order valence-electron chi connectivity index (χ1n) is 9.00. The molecular formula is C20H18N2O4S. The maximum absolute atomic E-state index is 13.2. The lowest BCUT2D eigenvalue weighted by atomic mass is 10.1. The Morgan fingerprint density at radius 1 is 1.00 bits per heavy atom. The number of carbonyl (C=O) groups excluding carboxylic acids is 2. The average molecular weight is 382 g/mol. The first-order chi connectivity index (χ1) is 13.2. The summed E-state index contributed by atoms with van der Waals surface area (Å²) in [4.78, 5) is 30.7. The number of hydrogen-bond donors (Lipinski definition) is 0.